The third kappa shape index (κ3) is 5.99. The van der Waals surface area contributed by atoms with E-state index >= 15 is 0 Å². The van der Waals surface area contributed by atoms with Crippen molar-refractivity contribution in [1.82, 2.24) is 10.2 Å². The van der Waals surface area contributed by atoms with Crippen molar-refractivity contribution < 1.29 is 13.6 Å². The van der Waals surface area contributed by atoms with E-state index in [4.69, 9.17) is 16.0 Å². The average Bonchev–Trinajstić information content (AvgIpc) is 3.18. The van der Waals surface area contributed by atoms with E-state index < -0.39 is 0 Å². The van der Waals surface area contributed by atoms with E-state index in [0.29, 0.717) is 23.7 Å². The SMILES string of the molecule is O=C(NCCSCc1ccco1)C1CCN(Cc2c(F)cccc2Cl)CC1. The molecular formula is C20H24ClFN2O2S. The molecule has 27 heavy (non-hydrogen) atoms. The Hall–Kier alpha value is -1.50. The number of carbonyl (C=O) groups excluding carboxylic acids is 1. The Bertz CT molecular complexity index is 713. The number of hydrogen-bond acceptors (Lipinski definition) is 4. The third-order valence-corrected chi connectivity index (χ3v) is 6.11. The molecule has 1 aromatic carbocycles. The van der Waals surface area contributed by atoms with Gasteiger partial charge in [0.05, 0.1) is 12.0 Å². The highest BCUT2D eigenvalue weighted by Crippen LogP contribution is 2.24. The van der Waals surface area contributed by atoms with Gasteiger partial charge in [-0.1, -0.05) is 17.7 Å². The molecule has 1 aliphatic rings. The van der Waals surface area contributed by atoms with Gasteiger partial charge in [0.1, 0.15) is 11.6 Å². The lowest BCUT2D eigenvalue weighted by Crippen LogP contribution is -2.40. The molecule has 2 aromatic rings. The Labute approximate surface area is 168 Å². The lowest BCUT2D eigenvalue weighted by Gasteiger charge is -2.31. The van der Waals surface area contributed by atoms with Crippen LogP contribution < -0.4 is 5.32 Å². The maximum Gasteiger partial charge on any atom is 0.223 e. The predicted molar refractivity (Wildman–Crippen MR) is 107 cm³/mol. The first-order chi connectivity index (χ1) is 13.1. The number of thioether (sulfide) groups is 1. The molecule has 1 aliphatic heterocycles. The van der Waals surface area contributed by atoms with Gasteiger partial charge in [-0.05, 0) is 50.2 Å². The summed E-state index contributed by atoms with van der Waals surface area (Å²) in [6.45, 7) is 2.70. The first-order valence-electron chi connectivity index (χ1n) is 9.16. The van der Waals surface area contributed by atoms with Gasteiger partial charge < -0.3 is 9.73 Å². The van der Waals surface area contributed by atoms with Crippen molar-refractivity contribution in [2.75, 3.05) is 25.4 Å². The normalized spacial score (nSPS) is 15.8. The van der Waals surface area contributed by atoms with Crippen LogP contribution in [0.2, 0.25) is 5.02 Å². The second kappa shape index (κ2) is 10.2. The van der Waals surface area contributed by atoms with Crippen molar-refractivity contribution in [3.05, 3.63) is 58.8 Å². The van der Waals surface area contributed by atoms with Crippen LogP contribution in [-0.4, -0.2) is 36.2 Å². The van der Waals surface area contributed by atoms with E-state index in [1.807, 2.05) is 12.1 Å². The van der Waals surface area contributed by atoms with E-state index in [1.165, 1.54) is 6.07 Å². The van der Waals surface area contributed by atoms with Crippen LogP contribution in [0.3, 0.4) is 0 Å². The zero-order valence-electron chi connectivity index (χ0n) is 15.1. The molecule has 1 saturated heterocycles. The molecule has 7 heteroatoms. The fourth-order valence-corrected chi connectivity index (χ4v) is 4.20. The Balaban J connectivity index is 1.34. The lowest BCUT2D eigenvalue weighted by molar-refractivity contribution is -0.126. The second-order valence-corrected chi connectivity index (χ2v) is 8.19. The van der Waals surface area contributed by atoms with Crippen LogP contribution >= 0.6 is 23.4 Å². The Morgan fingerprint density at radius 1 is 1.30 bits per heavy atom. The molecule has 1 N–H and O–H groups in total. The number of furan rings is 1. The number of nitrogens with one attached hydrogen (secondary N) is 1. The van der Waals surface area contributed by atoms with Gasteiger partial charge in [0, 0.05) is 35.3 Å². The van der Waals surface area contributed by atoms with Gasteiger partial charge in [-0.15, -0.1) is 0 Å². The summed E-state index contributed by atoms with van der Waals surface area (Å²) >= 11 is 7.84. The molecule has 4 nitrogen and oxygen atoms in total. The summed E-state index contributed by atoms with van der Waals surface area (Å²) in [5.41, 5.74) is 0.538. The van der Waals surface area contributed by atoms with Crippen LogP contribution in [-0.2, 0) is 17.1 Å². The number of likely N-dealkylation sites (tertiary alicyclic amines) is 1. The number of rotatable bonds is 8. The molecule has 3 rings (SSSR count). The maximum absolute atomic E-state index is 13.9. The molecule has 1 amide bonds. The summed E-state index contributed by atoms with van der Waals surface area (Å²) in [5.74, 6) is 2.52. The van der Waals surface area contributed by atoms with Crippen molar-refractivity contribution in [3.8, 4) is 0 Å². The highest BCUT2D eigenvalue weighted by atomic mass is 35.5. The van der Waals surface area contributed by atoms with Crippen LogP contribution in [0, 0.1) is 11.7 Å². The van der Waals surface area contributed by atoms with Crippen LogP contribution in [0.15, 0.2) is 41.0 Å². The molecule has 1 aromatic heterocycles. The van der Waals surface area contributed by atoms with Crippen LogP contribution in [0.5, 0.6) is 0 Å². The van der Waals surface area contributed by atoms with E-state index in [0.717, 1.165) is 43.2 Å². The highest BCUT2D eigenvalue weighted by molar-refractivity contribution is 7.98. The van der Waals surface area contributed by atoms with Gasteiger partial charge in [0.15, 0.2) is 0 Å². The van der Waals surface area contributed by atoms with E-state index in [9.17, 15) is 9.18 Å². The quantitative estimate of drug-likeness (QED) is 0.658. The van der Waals surface area contributed by atoms with Gasteiger partial charge in [-0.3, -0.25) is 9.69 Å². The van der Waals surface area contributed by atoms with E-state index in [-0.39, 0.29) is 17.6 Å². The number of halogens is 2. The first kappa shape index (κ1) is 20.2. The maximum atomic E-state index is 13.9. The van der Waals surface area contributed by atoms with Gasteiger partial charge in [0.25, 0.3) is 0 Å². The van der Waals surface area contributed by atoms with Crippen molar-refractivity contribution in [1.29, 1.82) is 0 Å². The fourth-order valence-electron chi connectivity index (χ4n) is 3.22. The van der Waals surface area contributed by atoms with Crippen LogP contribution in [0.4, 0.5) is 4.39 Å². The fraction of sp³-hybridized carbons (Fsp3) is 0.450. The van der Waals surface area contributed by atoms with Gasteiger partial charge in [0.2, 0.25) is 5.91 Å². The number of carbonyl (C=O) groups is 1. The van der Waals surface area contributed by atoms with Crippen LogP contribution in [0.1, 0.15) is 24.2 Å². The molecular weight excluding hydrogens is 387 g/mol. The standard InChI is InChI=1S/C20H24ClFN2O2S/c21-18-4-1-5-19(22)17(18)13-24-9-6-15(7-10-24)20(25)23-8-12-27-14-16-3-2-11-26-16/h1-5,11,15H,6-10,12-14H2,(H,23,25). The minimum absolute atomic E-state index is 0.0346. The topological polar surface area (TPSA) is 45.5 Å². The zero-order valence-corrected chi connectivity index (χ0v) is 16.7. The minimum atomic E-state index is -0.269. The molecule has 146 valence electrons. The molecule has 2 heterocycles. The number of benzene rings is 1. The summed E-state index contributed by atoms with van der Waals surface area (Å²) in [6, 6.07) is 8.60. The zero-order chi connectivity index (χ0) is 19.1. The van der Waals surface area contributed by atoms with Gasteiger partial charge in [-0.2, -0.15) is 11.8 Å². The molecule has 0 atom stereocenters. The average molecular weight is 411 g/mol. The molecule has 0 radical (unpaired) electrons. The third-order valence-electron chi connectivity index (χ3n) is 4.77. The largest absolute Gasteiger partial charge is 0.468 e. The lowest BCUT2D eigenvalue weighted by atomic mass is 9.95. The summed E-state index contributed by atoms with van der Waals surface area (Å²) in [7, 11) is 0. The monoisotopic (exact) mass is 410 g/mol. The second-order valence-electron chi connectivity index (χ2n) is 6.67. The summed E-state index contributed by atoms with van der Waals surface area (Å²) in [4.78, 5) is 14.5. The Kier molecular flexibility index (Phi) is 7.61. The highest BCUT2D eigenvalue weighted by Gasteiger charge is 2.25. The van der Waals surface area contributed by atoms with Crippen molar-refractivity contribution in [2.45, 2.75) is 25.1 Å². The van der Waals surface area contributed by atoms with E-state index in [2.05, 4.69) is 10.2 Å². The molecule has 0 aliphatic carbocycles. The molecule has 0 unspecified atom stereocenters. The van der Waals surface area contributed by atoms with Crippen molar-refractivity contribution in [2.24, 2.45) is 5.92 Å². The molecule has 0 spiro atoms. The summed E-state index contributed by atoms with van der Waals surface area (Å²) < 4.78 is 19.2. The van der Waals surface area contributed by atoms with Gasteiger partial charge >= 0.3 is 0 Å². The van der Waals surface area contributed by atoms with Crippen molar-refractivity contribution in [3.63, 3.8) is 0 Å². The summed E-state index contributed by atoms with van der Waals surface area (Å²) in [5, 5.41) is 3.49. The van der Waals surface area contributed by atoms with Crippen LogP contribution in [0.25, 0.3) is 0 Å². The smallest absolute Gasteiger partial charge is 0.223 e. The minimum Gasteiger partial charge on any atom is -0.468 e. The predicted octanol–water partition coefficient (Wildman–Crippen LogP) is 4.33. The number of hydrogen-bond donors (Lipinski definition) is 1. The summed E-state index contributed by atoms with van der Waals surface area (Å²) in [6.07, 6.45) is 3.25. The first-order valence-corrected chi connectivity index (χ1v) is 10.7. The molecule has 0 saturated carbocycles. The number of piperidine rings is 1. The number of amides is 1. The molecule has 1 fully saturated rings. The van der Waals surface area contributed by atoms with E-state index in [1.54, 1.807) is 30.2 Å². The number of nitrogens with zero attached hydrogens (tertiary/aromatic N) is 1. The Morgan fingerprint density at radius 2 is 2.11 bits per heavy atom. The van der Waals surface area contributed by atoms with Gasteiger partial charge in [-0.25, -0.2) is 4.39 Å². The van der Waals surface area contributed by atoms with Crippen molar-refractivity contribution >= 4 is 29.3 Å². The molecule has 0 bridgehead atoms. The Morgan fingerprint density at radius 3 is 2.81 bits per heavy atom.